The van der Waals surface area contributed by atoms with E-state index in [1.54, 1.807) is 6.33 Å². The Kier molecular flexibility index (Phi) is 3.58. The number of aryl methyl sites for hydroxylation is 1. The molecule has 1 aliphatic heterocycles. The van der Waals surface area contributed by atoms with Gasteiger partial charge in [-0.1, -0.05) is 19.3 Å². The maximum Gasteiger partial charge on any atom is 0.140 e. The van der Waals surface area contributed by atoms with E-state index in [0.717, 1.165) is 25.5 Å². The Morgan fingerprint density at radius 3 is 2.65 bits per heavy atom. The van der Waals surface area contributed by atoms with Crippen molar-refractivity contribution in [3.8, 4) is 0 Å². The summed E-state index contributed by atoms with van der Waals surface area (Å²) in [5.41, 5.74) is 0.515. The molecular weight excluding hydrogens is 250 g/mol. The molecule has 5 nitrogen and oxygen atoms in total. The van der Waals surface area contributed by atoms with Crippen LogP contribution in [0, 0.1) is 0 Å². The molecule has 1 spiro atoms. The second kappa shape index (κ2) is 5.11. The van der Waals surface area contributed by atoms with Gasteiger partial charge >= 0.3 is 0 Å². The second-order valence-electron chi connectivity index (χ2n) is 7.16. The van der Waals surface area contributed by atoms with Gasteiger partial charge in [0.1, 0.15) is 12.2 Å². The summed E-state index contributed by atoms with van der Waals surface area (Å²) >= 11 is 0. The largest absolute Gasteiger partial charge is 0.308 e. The van der Waals surface area contributed by atoms with Crippen molar-refractivity contribution in [1.82, 2.24) is 25.0 Å². The highest BCUT2D eigenvalue weighted by Crippen LogP contribution is 2.35. The van der Waals surface area contributed by atoms with Gasteiger partial charge in [-0.15, -0.1) is 0 Å². The van der Waals surface area contributed by atoms with Crippen molar-refractivity contribution in [3.05, 3.63) is 12.2 Å². The van der Waals surface area contributed by atoms with Crippen molar-refractivity contribution < 1.29 is 0 Å². The number of hydrogen-bond acceptors (Lipinski definition) is 4. The SMILES string of the molecule is Cn1ncnc1CN1CC2(CCCCC2)NCC1(C)C. The molecule has 0 unspecified atom stereocenters. The maximum atomic E-state index is 4.40. The molecule has 0 radical (unpaired) electrons. The molecule has 2 aliphatic rings. The number of piperazine rings is 1. The molecule has 1 saturated carbocycles. The van der Waals surface area contributed by atoms with Crippen molar-refractivity contribution >= 4 is 0 Å². The molecule has 1 aromatic heterocycles. The lowest BCUT2D eigenvalue weighted by Crippen LogP contribution is -2.68. The van der Waals surface area contributed by atoms with Crippen LogP contribution in [-0.2, 0) is 13.6 Å². The number of nitrogens with one attached hydrogen (secondary N) is 1. The van der Waals surface area contributed by atoms with E-state index in [9.17, 15) is 0 Å². The van der Waals surface area contributed by atoms with E-state index >= 15 is 0 Å². The van der Waals surface area contributed by atoms with Gasteiger partial charge in [0.25, 0.3) is 0 Å². The average molecular weight is 277 g/mol. The predicted molar refractivity (Wildman–Crippen MR) is 79.3 cm³/mol. The Labute approximate surface area is 121 Å². The normalized spacial score (nSPS) is 25.9. The Bertz CT molecular complexity index is 459. The number of rotatable bonds is 2. The molecule has 0 bridgehead atoms. The molecule has 5 heteroatoms. The van der Waals surface area contributed by atoms with Gasteiger partial charge in [0.05, 0.1) is 6.54 Å². The van der Waals surface area contributed by atoms with Crippen LogP contribution in [0.1, 0.15) is 51.8 Å². The quantitative estimate of drug-likeness (QED) is 0.894. The lowest BCUT2D eigenvalue weighted by atomic mass is 9.77. The van der Waals surface area contributed by atoms with E-state index in [0.29, 0.717) is 5.54 Å². The Morgan fingerprint density at radius 2 is 2.00 bits per heavy atom. The smallest absolute Gasteiger partial charge is 0.140 e. The fourth-order valence-electron chi connectivity index (χ4n) is 3.62. The molecular formula is C15H27N5. The highest BCUT2D eigenvalue weighted by atomic mass is 15.4. The minimum atomic E-state index is 0.175. The molecule has 1 aromatic rings. The zero-order valence-electron chi connectivity index (χ0n) is 13.0. The lowest BCUT2D eigenvalue weighted by Gasteiger charge is -2.53. The number of aromatic nitrogens is 3. The van der Waals surface area contributed by atoms with Crippen molar-refractivity contribution in [3.63, 3.8) is 0 Å². The van der Waals surface area contributed by atoms with Crippen molar-refractivity contribution in [1.29, 1.82) is 0 Å². The fourth-order valence-corrected chi connectivity index (χ4v) is 3.62. The van der Waals surface area contributed by atoms with Crippen LogP contribution < -0.4 is 5.32 Å². The highest BCUT2D eigenvalue weighted by molar-refractivity contribution is 5.04. The summed E-state index contributed by atoms with van der Waals surface area (Å²) in [5, 5.41) is 8.06. The monoisotopic (exact) mass is 277 g/mol. The van der Waals surface area contributed by atoms with Gasteiger partial charge in [-0.3, -0.25) is 9.58 Å². The summed E-state index contributed by atoms with van der Waals surface area (Å²) in [4.78, 5) is 6.99. The van der Waals surface area contributed by atoms with E-state index in [-0.39, 0.29) is 5.54 Å². The molecule has 20 heavy (non-hydrogen) atoms. The van der Waals surface area contributed by atoms with Crippen LogP contribution in [0.2, 0.25) is 0 Å². The van der Waals surface area contributed by atoms with Gasteiger partial charge in [-0.05, 0) is 26.7 Å². The maximum absolute atomic E-state index is 4.40. The molecule has 1 aliphatic carbocycles. The number of nitrogens with zero attached hydrogens (tertiary/aromatic N) is 4. The minimum Gasteiger partial charge on any atom is -0.308 e. The van der Waals surface area contributed by atoms with Gasteiger partial charge in [0.2, 0.25) is 0 Å². The van der Waals surface area contributed by atoms with E-state index in [4.69, 9.17) is 0 Å². The third kappa shape index (κ3) is 2.61. The van der Waals surface area contributed by atoms with Crippen molar-refractivity contribution in [2.24, 2.45) is 7.05 Å². The first-order valence-electron chi connectivity index (χ1n) is 7.84. The van der Waals surface area contributed by atoms with E-state index < -0.39 is 0 Å². The first-order valence-corrected chi connectivity index (χ1v) is 7.84. The molecule has 3 rings (SSSR count). The molecule has 0 amide bonds. The third-order valence-corrected chi connectivity index (χ3v) is 5.19. The molecule has 112 valence electrons. The summed E-state index contributed by atoms with van der Waals surface area (Å²) in [6.07, 6.45) is 8.42. The Balaban J connectivity index is 1.77. The van der Waals surface area contributed by atoms with Crippen LogP contribution >= 0.6 is 0 Å². The molecule has 1 saturated heterocycles. The van der Waals surface area contributed by atoms with Gasteiger partial charge in [0.15, 0.2) is 0 Å². The topological polar surface area (TPSA) is 46.0 Å². The molecule has 0 aromatic carbocycles. The zero-order chi connectivity index (χ0) is 14.2. The van der Waals surface area contributed by atoms with Crippen LogP contribution in [0.5, 0.6) is 0 Å². The number of hydrogen-bond donors (Lipinski definition) is 1. The molecule has 0 atom stereocenters. The second-order valence-corrected chi connectivity index (χ2v) is 7.16. The fraction of sp³-hybridized carbons (Fsp3) is 0.867. The van der Waals surface area contributed by atoms with Crippen LogP contribution in [0.25, 0.3) is 0 Å². The summed E-state index contributed by atoms with van der Waals surface area (Å²) in [5.74, 6) is 1.06. The summed E-state index contributed by atoms with van der Waals surface area (Å²) < 4.78 is 1.89. The first kappa shape index (κ1) is 14.0. The molecule has 1 N–H and O–H groups in total. The van der Waals surface area contributed by atoms with Crippen LogP contribution in [0.15, 0.2) is 6.33 Å². The minimum absolute atomic E-state index is 0.175. The van der Waals surface area contributed by atoms with Crippen LogP contribution in [0.4, 0.5) is 0 Å². The standard InChI is InChI=1S/C15H27N5/c1-14(2)10-17-15(7-5-4-6-8-15)11-20(14)9-13-16-12-18-19(13)3/h12,17H,4-11H2,1-3H3. The van der Waals surface area contributed by atoms with E-state index in [1.807, 2.05) is 11.7 Å². The Hall–Kier alpha value is -0.940. The summed E-state index contributed by atoms with van der Waals surface area (Å²) in [7, 11) is 1.98. The first-order chi connectivity index (χ1) is 9.51. The van der Waals surface area contributed by atoms with Crippen molar-refractivity contribution in [2.45, 2.75) is 63.6 Å². The summed E-state index contributed by atoms with van der Waals surface area (Å²) in [6.45, 7) is 7.74. The highest BCUT2D eigenvalue weighted by Gasteiger charge is 2.43. The van der Waals surface area contributed by atoms with E-state index in [2.05, 4.69) is 34.1 Å². The third-order valence-electron chi connectivity index (χ3n) is 5.19. The predicted octanol–water partition coefficient (Wildman–Crippen LogP) is 1.70. The van der Waals surface area contributed by atoms with E-state index in [1.165, 1.54) is 32.1 Å². The zero-order valence-corrected chi connectivity index (χ0v) is 13.0. The lowest BCUT2D eigenvalue weighted by molar-refractivity contribution is 0.00254. The van der Waals surface area contributed by atoms with Gasteiger partial charge < -0.3 is 5.32 Å². The van der Waals surface area contributed by atoms with Crippen molar-refractivity contribution in [2.75, 3.05) is 13.1 Å². The van der Waals surface area contributed by atoms with Crippen LogP contribution in [0.3, 0.4) is 0 Å². The summed E-state index contributed by atoms with van der Waals surface area (Å²) in [6, 6.07) is 0. The van der Waals surface area contributed by atoms with Gasteiger partial charge in [0, 0.05) is 31.2 Å². The van der Waals surface area contributed by atoms with Gasteiger partial charge in [-0.25, -0.2) is 4.98 Å². The average Bonchev–Trinajstić information content (AvgIpc) is 2.82. The molecule has 2 fully saturated rings. The Morgan fingerprint density at radius 1 is 1.25 bits per heavy atom. The molecule has 2 heterocycles. The van der Waals surface area contributed by atoms with Gasteiger partial charge in [-0.2, -0.15) is 5.10 Å². The van der Waals surface area contributed by atoms with Crippen LogP contribution in [-0.4, -0.2) is 43.8 Å².